The van der Waals surface area contributed by atoms with Gasteiger partial charge in [0, 0.05) is 24.5 Å². The number of alkyl halides is 3. The van der Waals surface area contributed by atoms with E-state index in [9.17, 15) is 13.2 Å². The van der Waals surface area contributed by atoms with E-state index < -0.39 is 12.6 Å². The lowest BCUT2D eigenvalue weighted by Gasteiger charge is -2.37. The number of rotatable bonds is 5. The zero-order valence-corrected chi connectivity index (χ0v) is 17.1. The van der Waals surface area contributed by atoms with Crippen molar-refractivity contribution in [3.8, 4) is 23.0 Å². The van der Waals surface area contributed by atoms with Crippen LogP contribution in [0.5, 0.6) is 0 Å². The molecule has 0 fully saturated rings. The maximum absolute atomic E-state index is 13.1. The summed E-state index contributed by atoms with van der Waals surface area (Å²) in [6.07, 6.45) is 1.80. The minimum absolute atomic E-state index is 0.242. The molecular formula is C21H19F3N8. The van der Waals surface area contributed by atoms with Crippen molar-refractivity contribution in [2.45, 2.75) is 32.0 Å². The molecule has 1 aromatic carbocycles. The Morgan fingerprint density at radius 2 is 1.88 bits per heavy atom. The second-order valence-corrected chi connectivity index (χ2v) is 7.41. The Morgan fingerprint density at radius 1 is 1.06 bits per heavy atom. The lowest BCUT2D eigenvalue weighted by Crippen LogP contribution is -2.38. The molecule has 4 aromatic rings. The van der Waals surface area contributed by atoms with Crippen molar-refractivity contribution in [3.63, 3.8) is 0 Å². The zero-order valence-electron chi connectivity index (χ0n) is 17.1. The van der Waals surface area contributed by atoms with Gasteiger partial charge in [0.2, 0.25) is 5.95 Å². The summed E-state index contributed by atoms with van der Waals surface area (Å²) in [5.74, 6) is 1.95. The smallest absolute Gasteiger partial charge is 0.344 e. The normalized spacial score (nSPS) is 15.5. The van der Waals surface area contributed by atoms with E-state index in [1.165, 1.54) is 6.33 Å². The first-order valence-electron chi connectivity index (χ1n) is 10.2. The average molecular weight is 440 g/mol. The molecule has 164 valence electrons. The Balaban J connectivity index is 1.62. The molecule has 0 aliphatic carbocycles. The number of hydrogen-bond acceptors (Lipinski definition) is 6. The molecule has 1 aliphatic rings. The van der Waals surface area contributed by atoms with Crippen molar-refractivity contribution >= 4 is 5.82 Å². The van der Waals surface area contributed by atoms with Crippen molar-refractivity contribution in [1.29, 1.82) is 0 Å². The van der Waals surface area contributed by atoms with Gasteiger partial charge in [0.05, 0.1) is 18.7 Å². The highest BCUT2D eigenvalue weighted by molar-refractivity contribution is 5.63. The number of hydrogen-bond donors (Lipinski definition) is 0. The van der Waals surface area contributed by atoms with Crippen molar-refractivity contribution in [2.24, 2.45) is 0 Å². The fourth-order valence-corrected chi connectivity index (χ4v) is 3.98. The van der Waals surface area contributed by atoms with Gasteiger partial charge in [0.1, 0.15) is 17.8 Å². The molecule has 0 unspecified atom stereocenters. The summed E-state index contributed by atoms with van der Waals surface area (Å²) in [7, 11) is 0. The summed E-state index contributed by atoms with van der Waals surface area (Å²) in [5, 5.41) is 8.11. The topological polar surface area (TPSA) is 77.5 Å². The second kappa shape index (κ2) is 7.74. The van der Waals surface area contributed by atoms with Gasteiger partial charge in [-0.3, -0.25) is 9.13 Å². The summed E-state index contributed by atoms with van der Waals surface area (Å²) in [4.78, 5) is 15.2. The minimum atomic E-state index is -4.29. The monoisotopic (exact) mass is 440 g/mol. The quantitative estimate of drug-likeness (QED) is 0.464. The van der Waals surface area contributed by atoms with E-state index in [0.29, 0.717) is 35.5 Å². The van der Waals surface area contributed by atoms with Gasteiger partial charge in [-0.05, 0) is 6.42 Å². The number of halogens is 3. The molecule has 0 saturated heterocycles. The van der Waals surface area contributed by atoms with Gasteiger partial charge in [0.15, 0.2) is 11.6 Å². The Bertz CT molecular complexity index is 1230. The molecule has 11 heteroatoms. The van der Waals surface area contributed by atoms with E-state index in [0.717, 1.165) is 5.56 Å². The highest BCUT2D eigenvalue weighted by atomic mass is 19.4. The van der Waals surface area contributed by atoms with E-state index in [1.54, 1.807) is 32.6 Å². The first kappa shape index (κ1) is 20.2. The molecule has 0 amide bonds. The molecule has 4 heterocycles. The van der Waals surface area contributed by atoms with Gasteiger partial charge in [-0.15, -0.1) is 10.2 Å². The predicted molar refractivity (Wildman–Crippen MR) is 111 cm³/mol. The van der Waals surface area contributed by atoms with E-state index >= 15 is 0 Å². The number of benzene rings is 1. The van der Waals surface area contributed by atoms with Crippen LogP contribution >= 0.6 is 0 Å². The number of nitrogens with zero attached hydrogens (tertiary/aromatic N) is 8. The van der Waals surface area contributed by atoms with Crippen LogP contribution in [0, 0.1) is 0 Å². The second-order valence-electron chi connectivity index (χ2n) is 7.41. The Kier molecular flexibility index (Phi) is 4.87. The van der Waals surface area contributed by atoms with E-state index in [1.807, 2.05) is 37.3 Å². The molecule has 32 heavy (non-hydrogen) atoms. The molecule has 1 atom stereocenters. The number of imidazole rings is 1. The summed E-state index contributed by atoms with van der Waals surface area (Å²) in [5.41, 5.74) is 1.42. The van der Waals surface area contributed by atoms with Crippen molar-refractivity contribution in [2.75, 3.05) is 11.4 Å². The molecule has 5 rings (SSSR count). The van der Waals surface area contributed by atoms with E-state index in [2.05, 4.69) is 20.2 Å². The maximum atomic E-state index is 13.1. The highest BCUT2D eigenvalue weighted by Gasteiger charge is 2.36. The average Bonchev–Trinajstić information content (AvgIpc) is 3.47. The molecule has 3 aromatic heterocycles. The summed E-state index contributed by atoms with van der Waals surface area (Å²) in [6, 6.07) is 9.17. The SMILES string of the molecule is CC[C@@H]1c2nncn2-c2cnc(-n3ccnc3-c3ccccc3)nc2N1CCC(F)(F)F. The molecule has 0 bridgehead atoms. The Labute approximate surface area is 181 Å². The van der Waals surface area contributed by atoms with Crippen LogP contribution in [0.1, 0.15) is 31.6 Å². The van der Waals surface area contributed by atoms with Crippen LogP contribution in [0.25, 0.3) is 23.0 Å². The number of anilines is 1. The van der Waals surface area contributed by atoms with Crippen LogP contribution < -0.4 is 4.90 Å². The number of fused-ring (bicyclic) bond motifs is 3. The van der Waals surface area contributed by atoms with Crippen LogP contribution in [0.15, 0.2) is 55.2 Å². The summed E-state index contributed by atoms with van der Waals surface area (Å²) in [6.45, 7) is 1.66. The van der Waals surface area contributed by atoms with Crippen LogP contribution in [-0.4, -0.2) is 47.0 Å². The molecule has 0 N–H and O–H groups in total. The molecule has 0 saturated carbocycles. The lowest BCUT2D eigenvalue weighted by atomic mass is 10.1. The third-order valence-electron chi connectivity index (χ3n) is 5.43. The van der Waals surface area contributed by atoms with Gasteiger partial charge < -0.3 is 4.90 Å². The third kappa shape index (κ3) is 3.49. The molecule has 0 radical (unpaired) electrons. The highest BCUT2D eigenvalue weighted by Crippen LogP contribution is 2.39. The fraction of sp³-hybridized carbons (Fsp3) is 0.286. The van der Waals surface area contributed by atoms with Crippen LogP contribution in [-0.2, 0) is 0 Å². The first-order chi connectivity index (χ1) is 15.5. The van der Waals surface area contributed by atoms with Crippen molar-refractivity contribution in [1.82, 2.24) is 34.3 Å². The number of aromatic nitrogens is 7. The summed E-state index contributed by atoms with van der Waals surface area (Å²) >= 11 is 0. The molecule has 1 aliphatic heterocycles. The fourth-order valence-electron chi connectivity index (χ4n) is 3.98. The zero-order chi connectivity index (χ0) is 22.3. The van der Waals surface area contributed by atoms with Gasteiger partial charge in [-0.25, -0.2) is 9.97 Å². The molecular weight excluding hydrogens is 421 g/mol. The predicted octanol–water partition coefficient (Wildman–Crippen LogP) is 4.13. The van der Waals surface area contributed by atoms with Gasteiger partial charge >= 0.3 is 6.18 Å². The van der Waals surface area contributed by atoms with Gasteiger partial charge in [-0.2, -0.15) is 18.2 Å². The van der Waals surface area contributed by atoms with Crippen molar-refractivity contribution < 1.29 is 13.2 Å². The van der Waals surface area contributed by atoms with Gasteiger partial charge in [-0.1, -0.05) is 37.3 Å². The first-order valence-corrected chi connectivity index (χ1v) is 10.2. The standard InChI is InChI=1S/C21H19F3N8/c1-2-15-19-29-27-13-32(19)16-12-26-20(28-18(16)30(15)10-8-21(22,23)24)31-11-9-25-17(31)14-6-4-3-5-7-14/h3-7,9,11-13,15H,2,8,10H2,1H3/t15-/m1/s1. The van der Waals surface area contributed by atoms with Crippen LogP contribution in [0.2, 0.25) is 0 Å². The Morgan fingerprint density at radius 3 is 2.62 bits per heavy atom. The largest absolute Gasteiger partial charge is 0.390 e. The summed E-state index contributed by atoms with van der Waals surface area (Å²) < 4.78 is 42.7. The van der Waals surface area contributed by atoms with E-state index in [4.69, 9.17) is 4.98 Å². The minimum Gasteiger partial charge on any atom is -0.344 e. The Hall–Kier alpha value is -3.76. The molecule has 0 spiro atoms. The van der Waals surface area contributed by atoms with Crippen molar-refractivity contribution in [3.05, 3.63) is 61.1 Å². The van der Waals surface area contributed by atoms with E-state index in [-0.39, 0.29) is 12.6 Å². The lowest BCUT2D eigenvalue weighted by molar-refractivity contribution is -0.132. The maximum Gasteiger partial charge on any atom is 0.390 e. The van der Waals surface area contributed by atoms with Gasteiger partial charge in [0.25, 0.3) is 0 Å². The van der Waals surface area contributed by atoms with Crippen LogP contribution in [0.3, 0.4) is 0 Å². The third-order valence-corrected chi connectivity index (χ3v) is 5.43. The molecule has 8 nitrogen and oxygen atoms in total. The van der Waals surface area contributed by atoms with Crippen LogP contribution in [0.4, 0.5) is 19.0 Å².